The molecule has 1 aliphatic rings. The predicted octanol–water partition coefficient (Wildman–Crippen LogP) is 2.66. The minimum Gasteiger partial charge on any atom is -0.463 e. The van der Waals surface area contributed by atoms with E-state index in [0.717, 1.165) is 19.4 Å². The second-order valence-corrected chi connectivity index (χ2v) is 5.20. The van der Waals surface area contributed by atoms with Gasteiger partial charge in [0.25, 0.3) is 0 Å². The van der Waals surface area contributed by atoms with Crippen LogP contribution in [0.4, 0.5) is 0 Å². The first kappa shape index (κ1) is 14.2. The second kappa shape index (κ2) is 6.20. The smallest absolute Gasteiger partial charge is 0.311 e. The zero-order valence-corrected chi connectivity index (χ0v) is 11.7. The third kappa shape index (κ3) is 3.56. The van der Waals surface area contributed by atoms with Gasteiger partial charge in [0.2, 0.25) is 0 Å². The Morgan fingerprint density at radius 1 is 1.47 bits per heavy atom. The molecule has 98 valence electrons. The third-order valence-electron chi connectivity index (χ3n) is 3.38. The molecule has 3 heteroatoms. The van der Waals surface area contributed by atoms with Gasteiger partial charge in [0.1, 0.15) is 0 Å². The predicted molar refractivity (Wildman–Crippen MR) is 69.8 cm³/mol. The molecule has 0 fully saturated rings. The quantitative estimate of drug-likeness (QED) is 0.592. The molecule has 1 aliphatic heterocycles. The lowest BCUT2D eigenvalue weighted by atomic mass is 9.90. The van der Waals surface area contributed by atoms with Crippen LogP contribution in [0.2, 0.25) is 0 Å². The molecule has 0 aliphatic carbocycles. The lowest BCUT2D eigenvalue weighted by Gasteiger charge is -2.24. The van der Waals surface area contributed by atoms with Crippen molar-refractivity contribution in [1.29, 1.82) is 0 Å². The van der Waals surface area contributed by atoms with Crippen LogP contribution in [-0.2, 0) is 9.53 Å². The zero-order chi connectivity index (χ0) is 13.0. The average molecular weight is 239 g/mol. The Hall–Kier alpha value is -0.830. The summed E-state index contributed by atoms with van der Waals surface area (Å²) in [6.45, 7) is 11.0. The van der Waals surface area contributed by atoms with E-state index in [2.05, 4.69) is 26.1 Å². The fourth-order valence-corrected chi connectivity index (χ4v) is 2.32. The highest BCUT2D eigenvalue weighted by Gasteiger charge is 2.33. The molecule has 3 nitrogen and oxygen atoms in total. The Bertz CT molecular complexity index is 307. The average Bonchev–Trinajstić information content (AvgIpc) is 2.56. The zero-order valence-electron chi connectivity index (χ0n) is 11.7. The van der Waals surface area contributed by atoms with Crippen molar-refractivity contribution >= 4 is 5.97 Å². The Kier molecular flexibility index (Phi) is 5.19. The van der Waals surface area contributed by atoms with Crippen molar-refractivity contribution in [3.8, 4) is 0 Å². The van der Waals surface area contributed by atoms with Gasteiger partial charge in [-0.25, -0.2) is 0 Å². The number of carbonyl (C=O) groups is 1. The van der Waals surface area contributed by atoms with E-state index in [1.807, 2.05) is 13.8 Å². The van der Waals surface area contributed by atoms with Crippen molar-refractivity contribution < 1.29 is 9.53 Å². The van der Waals surface area contributed by atoms with Crippen molar-refractivity contribution in [2.75, 3.05) is 6.54 Å². The molecular formula is C14H25NO2. The highest BCUT2D eigenvalue weighted by Crippen LogP contribution is 2.26. The van der Waals surface area contributed by atoms with Gasteiger partial charge in [-0.2, -0.15) is 0 Å². The number of carbonyl (C=O) groups excluding carboxylic acids is 1. The summed E-state index contributed by atoms with van der Waals surface area (Å²) in [6.07, 6.45) is 1.85. The molecule has 1 rings (SSSR count). The number of ether oxygens (including phenoxy) is 1. The lowest BCUT2D eigenvalue weighted by Crippen LogP contribution is -2.39. The minimum atomic E-state index is -0.0617. The van der Waals surface area contributed by atoms with E-state index in [1.54, 1.807) is 0 Å². The van der Waals surface area contributed by atoms with E-state index < -0.39 is 0 Å². The van der Waals surface area contributed by atoms with Crippen molar-refractivity contribution in [2.45, 2.75) is 59.6 Å². The van der Waals surface area contributed by atoms with Crippen LogP contribution in [0.25, 0.3) is 0 Å². The normalized spacial score (nSPS) is 22.1. The van der Waals surface area contributed by atoms with Gasteiger partial charge in [0, 0.05) is 12.6 Å². The summed E-state index contributed by atoms with van der Waals surface area (Å²) in [5.41, 5.74) is 2.66. The van der Waals surface area contributed by atoms with Crippen LogP contribution >= 0.6 is 0 Å². The molecule has 0 radical (unpaired) electrons. The standard InChI is InChI=1S/C14H25NO2/c1-6-7-12(14(16)17-9(2)3)13-11(5)10(4)8-15-13/h9,12-13,15H,6-8H2,1-5H3. The van der Waals surface area contributed by atoms with E-state index in [-0.39, 0.29) is 24.0 Å². The molecule has 0 spiro atoms. The third-order valence-corrected chi connectivity index (χ3v) is 3.38. The van der Waals surface area contributed by atoms with Crippen LogP contribution in [0.5, 0.6) is 0 Å². The first-order valence-corrected chi connectivity index (χ1v) is 6.57. The van der Waals surface area contributed by atoms with E-state index in [0.29, 0.717) is 0 Å². The Balaban J connectivity index is 2.76. The van der Waals surface area contributed by atoms with Gasteiger partial charge in [-0.1, -0.05) is 24.5 Å². The molecule has 0 aromatic heterocycles. The summed E-state index contributed by atoms with van der Waals surface area (Å²) >= 11 is 0. The van der Waals surface area contributed by atoms with Gasteiger partial charge < -0.3 is 10.1 Å². The molecule has 0 amide bonds. The molecular weight excluding hydrogens is 214 g/mol. The molecule has 0 saturated carbocycles. The van der Waals surface area contributed by atoms with Crippen LogP contribution in [0.3, 0.4) is 0 Å². The summed E-state index contributed by atoms with van der Waals surface area (Å²) in [6, 6.07) is 0.168. The maximum atomic E-state index is 12.1. The summed E-state index contributed by atoms with van der Waals surface area (Å²) in [5.74, 6) is -0.103. The van der Waals surface area contributed by atoms with E-state index in [1.165, 1.54) is 11.1 Å². The molecule has 0 saturated heterocycles. The van der Waals surface area contributed by atoms with Crippen molar-refractivity contribution in [3.63, 3.8) is 0 Å². The van der Waals surface area contributed by atoms with Crippen LogP contribution in [-0.4, -0.2) is 24.7 Å². The highest BCUT2D eigenvalue weighted by atomic mass is 16.5. The fraction of sp³-hybridized carbons (Fsp3) is 0.786. The van der Waals surface area contributed by atoms with Crippen LogP contribution in [0.15, 0.2) is 11.1 Å². The molecule has 0 bridgehead atoms. The minimum absolute atomic E-state index is 0.0337. The molecule has 2 unspecified atom stereocenters. The number of esters is 1. The number of rotatable bonds is 5. The second-order valence-electron chi connectivity index (χ2n) is 5.20. The molecule has 1 N–H and O–H groups in total. The molecule has 2 atom stereocenters. The summed E-state index contributed by atoms with van der Waals surface area (Å²) in [4.78, 5) is 12.1. The Morgan fingerprint density at radius 2 is 2.12 bits per heavy atom. The van der Waals surface area contributed by atoms with Gasteiger partial charge in [0.05, 0.1) is 12.0 Å². The first-order chi connectivity index (χ1) is 7.97. The van der Waals surface area contributed by atoms with Gasteiger partial charge in [0.15, 0.2) is 0 Å². The lowest BCUT2D eigenvalue weighted by molar-refractivity contribution is -0.153. The maximum Gasteiger partial charge on any atom is 0.311 e. The van der Waals surface area contributed by atoms with Crippen LogP contribution in [0, 0.1) is 5.92 Å². The van der Waals surface area contributed by atoms with Crippen molar-refractivity contribution in [1.82, 2.24) is 5.32 Å². The Labute approximate surface area is 105 Å². The van der Waals surface area contributed by atoms with Gasteiger partial charge in [-0.3, -0.25) is 4.79 Å². The summed E-state index contributed by atoms with van der Waals surface area (Å²) in [5, 5.41) is 3.42. The number of hydrogen-bond donors (Lipinski definition) is 1. The summed E-state index contributed by atoms with van der Waals surface area (Å²) in [7, 11) is 0. The Morgan fingerprint density at radius 3 is 2.53 bits per heavy atom. The molecule has 0 aromatic carbocycles. The monoisotopic (exact) mass is 239 g/mol. The summed E-state index contributed by atoms with van der Waals surface area (Å²) < 4.78 is 5.36. The van der Waals surface area contributed by atoms with E-state index in [9.17, 15) is 4.79 Å². The topological polar surface area (TPSA) is 38.3 Å². The SMILES string of the molecule is CCCC(C(=O)OC(C)C)C1NCC(C)=C1C. The van der Waals surface area contributed by atoms with E-state index >= 15 is 0 Å². The molecule has 1 heterocycles. The highest BCUT2D eigenvalue weighted by molar-refractivity contribution is 5.74. The number of nitrogens with one attached hydrogen (secondary N) is 1. The number of hydrogen-bond acceptors (Lipinski definition) is 3. The van der Waals surface area contributed by atoms with Gasteiger partial charge >= 0.3 is 5.97 Å². The largest absolute Gasteiger partial charge is 0.463 e. The van der Waals surface area contributed by atoms with Gasteiger partial charge in [-0.05, 0) is 34.1 Å². The van der Waals surface area contributed by atoms with Crippen molar-refractivity contribution in [2.24, 2.45) is 5.92 Å². The van der Waals surface area contributed by atoms with Crippen LogP contribution < -0.4 is 5.32 Å². The van der Waals surface area contributed by atoms with Crippen molar-refractivity contribution in [3.05, 3.63) is 11.1 Å². The van der Waals surface area contributed by atoms with Gasteiger partial charge in [-0.15, -0.1) is 0 Å². The maximum absolute atomic E-state index is 12.1. The first-order valence-electron chi connectivity index (χ1n) is 6.57. The molecule has 0 aromatic rings. The fourth-order valence-electron chi connectivity index (χ4n) is 2.32. The van der Waals surface area contributed by atoms with Crippen LogP contribution in [0.1, 0.15) is 47.5 Å². The van der Waals surface area contributed by atoms with E-state index in [4.69, 9.17) is 4.74 Å². The molecule has 17 heavy (non-hydrogen) atoms.